The lowest BCUT2D eigenvalue weighted by molar-refractivity contribution is -0.385. The number of nitro benzene ring substituents is 1. The van der Waals surface area contributed by atoms with Gasteiger partial charge in [0, 0.05) is 19.2 Å². The molecule has 1 heterocycles. The number of nitro groups is 1. The quantitative estimate of drug-likeness (QED) is 0.579. The van der Waals surface area contributed by atoms with E-state index in [2.05, 4.69) is 15.9 Å². The van der Waals surface area contributed by atoms with E-state index in [4.69, 9.17) is 4.42 Å². The van der Waals surface area contributed by atoms with Gasteiger partial charge in [-0.1, -0.05) is 6.07 Å². The third-order valence-corrected chi connectivity index (χ3v) is 5.45. The Kier molecular flexibility index (Phi) is 4.69. The van der Waals surface area contributed by atoms with Crippen LogP contribution in [0.4, 0.5) is 5.69 Å². The first-order chi connectivity index (χ1) is 10.2. The van der Waals surface area contributed by atoms with Crippen molar-refractivity contribution >= 4 is 31.6 Å². The summed E-state index contributed by atoms with van der Waals surface area (Å²) in [4.78, 5) is 10.1. The minimum atomic E-state index is -3.86. The second-order valence-corrected chi connectivity index (χ2v) is 7.47. The Balaban J connectivity index is 2.37. The fourth-order valence-corrected chi connectivity index (χ4v) is 3.61. The molecule has 118 valence electrons. The summed E-state index contributed by atoms with van der Waals surface area (Å²) in [6.45, 7) is 1.62. The summed E-state index contributed by atoms with van der Waals surface area (Å²) in [5.41, 5.74) is 0.177. The Hall–Kier alpha value is -1.71. The molecular weight excluding hydrogens is 376 g/mol. The molecule has 1 aromatic heterocycles. The van der Waals surface area contributed by atoms with E-state index in [1.54, 1.807) is 19.1 Å². The molecule has 0 radical (unpaired) electrons. The molecule has 0 amide bonds. The van der Waals surface area contributed by atoms with E-state index in [1.165, 1.54) is 19.2 Å². The fourth-order valence-electron chi connectivity index (χ4n) is 1.89. The van der Waals surface area contributed by atoms with Gasteiger partial charge in [-0.05, 0) is 40.5 Å². The van der Waals surface area contributed by atoms with Crippen molar-refractivity contribution in [2.24, 2.45) is 0 Å². The molecule has 2 rings (SSSR count). The first-order valence-corrected chi connectivity index (χ1v) is 8.40. The predicted molar refractivity (Wildman–Crippen MR) is 82.9 cm³/mol. The summed E-state index contributed by atoms with van der Waals surface area (Å²) in [5.74, 6) is 0.459. The van der Waals surface area contributed by atoms with E-state index >= 15 is 0 Å². The lowest BCUT2D eigenvalue weighted by Crippen LogP contribution is -2.27. The second kappa shape index (κ2) is 6.19. The standard InChI is InChI=1S/C13H13BrN2O5S/c1-9-3-4-10(16(17)18)7-12(9)22(19,20)15(2)8-11-5-6-13(14)21-11/h3-7H,8H2,1-2H3. The fraction of sp³-hybridized carbons (Fsp3) is 0.231. The Morgan fingerprint density at radius 1 is 1.32 bits per heavy atom. The average molecular weight is 389 g/mol. The molecule has 0 bridgehead atoms. The van der Waals surface area contributed by atoms with Gasteiger partial charge < -0.3 is 4.42 Å². The molecule has 0 fully saturated rings. The molecule has 7 nitrogen and oxygen atoms in total. The number of nitrogens with zero attached hydrogens (tertiary/aromatic N) is 2. The van der Waals surface area contributed by atoms with Gasteiger partial charge in [0.1, 0.15) is 5.76 Å². The van der Waals surface area contributed by atoms with Crippen LogP contribution in [0.3, 0.4) is 0 Å². The van der Waals surface area contributed by atoms with Gasteiger partial charge in [-0.3, -0.25) is 10.1 Å². The number of benzene rings is 1. The molecular formula is C13H13BrN2O5S. The van der Waals surface area contributed by atoms with E-state index in [0.29, 0.717) is 16.0 Å². The second-order valence-electron chi connectivity index (χ2n) is 4.67. The van der Waals surface area contributed by atoms with Crippen LogP contribution in [0.5, 0.6) is 0 Å². The SMILES string of the molecule is Cc1ccc([N+](=O)[O-])cc1S(=O)(=O)N(C)Cc1ccc(Br)o1. The highest BCUT2D eigenvalue weighted by molar-refractivity contribution is 9.10. The molecule has 2 aromatic rings. The number of halogens is 1. The minimum absolute atomic E-state index is 0.0239. The number of non-ortho nitro benzene ring substituents is 1. The van der Waals surface area contributed by atoms with E-state index in [0.717, 1.165) is 10.4 Å². The Morgan fingerprint density at radius 3 is 2.55 bits per heavy atom. The number of furan rings is 1. The van der Waals surface area contributed by atoms with Crippen molar-refractivity contribution in [3.63, 3.8) is 0 Å². The van der Waals surface area contributed by atoms with Crippen molar-refractivity contribution in [1.29, 1.82) is 0 Å². The van der Waals surface area contributed by atoms with E-state index in [1.807, 2.05) is 0 Å². The third-order valence-electron chi connectivity index (χ3n) is 3.08. The maximum atomic E-state index is 12.6. The van der Waals surface area contributed by atoms with Crippen molar-refractivity contribution < 1.29 is 17.8 Å². The molecule has 0 saturated carbocycles. The highest BCUT2D eigenvalue weighted by Gasteiger charge is 2.26. The van der Waals surface area contributed by atoms with E-state index < -0.39 is 14.9 Å². The molecule has 0 unspecified atom stereocenters. The number of hydrogen-bond donors (Lipinski definition) is 0. The Bertz CT molecular complexity index is 816. The summed E-state index contributed by atoms with van der Waals surface area (Å²) >= 11 is 3.14. The topological polar surface area (TPSA) is 93.7 Å². The van der Waals surface area contributed by atoms with Crippen LogP contribution in [-0.4, -0.2) is 24.7 Å². The highest BCUT2D eigenvalue weighted by Crippen LogP contribution is 2.25. The number of rotatable bonds is 5. The molecule has 0 N–H and O–H groups in total. The van der Waals surface area contributed by atoms with Gasteiger partial charge in [-0.2, -0.15) is 4.31 Å². The molecule has 0 spiro atoms. The zero-order valence-electron chi connectivity index (χ0n) is 11.8. The summed E-state index contributed by atoms with van der Waals surface area (Å²) in [7, 11) is -2.47. The van der Waals surface area contributed by atoms with E-state index in [-0.39, 0.29) is 17.1 Å². The number of sulfonamides is 1. The van der Waals surface area contributed by atoms with Gasteiger partial charge in [0.25, 0.3) is 5.69 Å². The summed E-state index contributed by atoms with van der Waals surface area (Å²) in [6.07, 6.45) is 0. The van der Waals surface area contributed by atoms with Crippen LogP contribution in [0.1, 0.15) is 11.3 Å². The molecule has 0 saturated heterocycles. The van der Waals surface area contributed by atoms with Gasteiger partial charge in [-0.15, -0.1) is 0 Å². The molecule has 22 heavy (non-hydrogen) atoms. The lowest BCUT2D eigenvalue weighted by Gasteiger charge is -2.17. The van der Waals surface area contributed by atoms with Gasteiger partial charge in [0.15, 0.2) is 4.67 Å². The Labute approximate surface area is 135 Å². The summed E-state index contributed by atoms with van der Waals surface area (Å²) in [5, 5.41) is 10.8. The summed E-state index contributed by atoms with van der Waals surface area (Å²) in [6, 6.07) is 7.07. The van der Waals surface area contributed by atoms with Crippen LogP contribution in [0.2, 0.25) is 0 Å². The zero-order valence-corrected chi connectivity index (χ0v) is 14.2. The molecule has 9 heteroatoms. The van der Waals surface area contributed by atoms with Crippen molar-refractivity contribution in [2.75, 3.05) is 7.05 Å². The number of aryl methyl sites for hydroxylation is 1. The first-order valence-electron chi connectivity index (χ1n) is 6.17. The van der Waals surface area contributed by atoms with Gasteiger partial charge in [-0.25, -0.2) is 8.42 Å². The first kappa shape index (κ1) is 16.7. The van der Waals surface area contributed by atoms with Crippen molar-refractivity contribution in [3.05, 3.63) is 56.4 Å². The van der Waals surface area contributed by atoms with Crippen LogP contribution in [0.15, 0.2) is 44.3 Å². The van der Waals surface area contributed by atoms with Crippen LogP contribution < -0.4 is 0 Å². The maximum absolute atomic E-state index is 12.6. The average Bonchev–Trinajstić information content (AvgIpc) is 2.84. The lowest BCUT2D eigenvalue weighted by atomic mass is 10.2. The van der Waals surface area contributed by atoms with Gasteiger partial charge >= 0.3 is 0 Å². The molecule has 0 aliphatic rings. The highest BCUT2D eigenvalue weighted by atomic mass is 79.9. The minimum Gasteiger partial charge on any atom is -0.453 e. The van der Waals surface area contributed by atoms with Crippen LogP contribution in [0, 0.1) is 17.0 Å². The normalized spacial score (nSPS) is 11.8. The molecule has 0 aliphatic carbocycles. The smallest absolute Gasteiger partial charge is 0.270 e. The van der Waals surface area contributed by atoms with Gasteiger partial charge in [0.2, 0.25) is 10.0 Å². The number of hydrogen-bond acceptors (Lipinski definition) is 5. The monoisotopic (exact) mass is 388 g/mol. The van der Waals surface area contributed by atoms with E-state index in [9.17, 15) is 18.5 Å². The van der Waals surface area contributed by atoms with Gasteiger partial charge in [0.05, 0.1) is 16.4 Å². The third kappa shape index (κ3) is 3.37. The Morgan fingerprint density at radius 2 is 2.00 bits per heavy atom. The van der Waals surface area contributed by atoms with Crippen molar-refractivity contribution in [2.45, 2.75) is 18.4 Å². The van der Waals surface area contributed by atoms with Crippen LogP contribution in [0.25, 0.3) is 0 Å². The molecule has 0 atom stereocenters. The van der Waals surface area contributed by atoms with Crippen LogP contribution >= 0.6 is 15.9 Å². The van der Waals surface area contributed by atoms with Crippen LogP contribution in [-0.2, 0) is 16.6 Å². The molecule has 0 aliphatic heterocycles. The predicted octanol–water partition coefficient (Wildman–Crippen LogP) is 3.08. The maximum Gasteiger partial charge on any atom is 0.270 e. The summed E-state index contributed by atoms with van der Waals surface area (Å²) < 4.78 is 32.0. The van der Waals surface area contributed by atoms with Crippen molar-refractivity contribution in [1.82, 2.24) is 4.31 Å². The van der Waals surface area contributed by atoms with Crippen molar-refractivity contribution in [3.8, 4) is 0 Å². The molecule has 1 aromatic carbocycles. The largest absolute Gasteiger partial charge is 0.453 e. The zero-order chi connectivity index (χ0) is 16.5.